The van der Waals surface area contributed by atoms with Crippen LogP contribution < -0.4 is 10.2 Å². The zero-order valence-corrected chi connectivity index (χ0v) is 17.8. The number of hydrogen-bond donors (Lipinski definition) is 1. The maximum Gasteiger partial charge on any atom is 0.308 e. The number of thiazole rings is 1. The maximum atomic E-state index is 12.7. The molecule has 0 unspecified atom stereocenters. The quantitative estimate of drug-likeness (QED) is 0.686. The Balaban J connectivity index is 1.34. The van der Waals surface area contributed by atoms with Crippen LogP contribution in [0.2, 0.25) is 0 Å². The van der Waals surface area contributed by atoms with Gasteiger partial charge in [-0.25, -0.2) is 0 Å². The molecule has 6 heteroatoms. The number of nitrogens with zero attached hydrogens (tertiary/aromatic N) is 2. The SMILES string of the molecule is CCn1c(=O)sc2cc(NC(=O)C3CCN(Cc4ccc(C)cc4)CC3)ccc21. The number of aromatic nitrogens is 1. The number of nitrogens with one attached hydrogen (secondary N) is 1. The molecule has 1 aliphatic heterocycles. The fraction of sp³-hybridized carbons (Fsp3) is 0.391. The maximum absolute atomic E-state index is 12.7. The summed E-state index contributed by atoms with van der Waals surface area (Å²) in [7, 11) is 0. The summed E-state index contributed by atoms with van der Waals surface area (Å²) < 4.78 is 2.68. The van der Waals surface area contributed by atoms with Gasteiger partial charge < -0.3 is 5.32 Å². The van der Waals surface area contributed by atoms with Gasteiger partial charge >= 0.3 is 4.87 Å². The number of benzene rings is 2. The van der Waals surface area contributed by atoms with Crippen molar-refractivity contribution < 1.29 is 4.79 Å². The molecule has 0 radical (unpaired) electrons. The van der Waals surface area contributed by atoms with Gasteiger partial charge in [0.15, 0.2) is 0 Å². The lowest BCUT2D eigenvalue weighted by Crippen LogP contribution is -2.37. The van der Waals surface area contributed by atoms with Gasteiger partial charge in [-0.2, -0.15) is 0 Å². The number of anilines is 1. The lowest BCUT2D eigenvalue weighted by Gasteiger charge is -2.31. The van der Waals surface area contributed by atoms with E-state index in [1.807, 2.05) is 25.1 Å². The molecular formula is C23H27N3O2S. The van der Waals surface area contributed by atoms with E-state index in [4.69, 9.17) is 0 Å². The molecule has 1 fully saturated rings. The number of carbonyl (C=O) groups excluding carboxylic acids is 1. The standard InChI is InChI=1S/C23H27N3O2S/c1-3-26-20-9-8-19(14-21(20)29-23(26)28)24-22(27)18-10-12-25(13-11-18)15-17-6-4-16(2)5-7-17/h4-9,14,18H,3,10-13,15H2,1-2H3,(H,24,27). The fourth-order valence-corrected chi connectivity index (χ4v) is 4.99. The molecule has 1 aromatic heterocycles. The number of fused-ring (bicyclic) bond motifs is 1. The lowest BCUT2D eigenvalue weighted by atomic mass is 9.95. The summed E-state index contributed by atoms with van der Waals surface area (Å²) in [6, 6.07) is 14.4. The van der Waals surface area contributed by atoms with Gasteiger partial charge in [0, 0.05) is 24.7 Å². The van der Waals surface area contributed by atoms with Gasteiger partial charge in [0.05, 0.1) is 10.2 Å². The molecule has 29 heavy (non-hydrogen) atoms. The van der Waals surface area contributed by atoms with Crippen LogP contribution in [0, 0.1) is 12.8 Å². The van der Waals surface area contributed by atoms with Crippen LogP contribution in [0.15, 0.2) is 47.3 Å². The number of piperidine rings is 1. The lowest BCUT2D eigenvalue weighted by molar-refractivity contribution is -0.121. The molecule has 2 aromatic carbocycles. The third-order valence-electron chi connectivity index (χ3n) is 5.74. The van der Waals surface area contributed by atoms with Gasteiger partial charge in [0.1, 0.15) is 0 Å². The Bertz CT molecular complexity index is 1060. The highest BCUT2D eigenvalue weighted by Crippen LogP contribution is 2.24. The van der Waals surface area contributed by atoms with Crippen molar-refractivity contribution in [2.45, 2.75) is 39.8 Å². The highest BCUT2D eigenvalue weighted by atomic mass is 32.1. The fourth-order valence-electron chi connectivity index (χ4n) is 3.99. The number of carbonyl (C=O) groups is 1. The van der Waals surface area contributed by atoms with Crippen LogP contribution in [-0.2, 0) is 17.9 Å². The molecule has 0 saturated carbocycles. The molecule has 0 aliphatic carbocycles. The molecule has 1 saturated heterocycles. The zero-order valence-electron chi connectivity index (χ0n) is 17.0. The second-order valence-electron chi connectivity index (χ2n) is 7.82. The van der Waals surface area contributed by atoms with Crippen molar-refractivity contribution in [2.75, 3.05) is 18.4 Å². The van der Waals surface area contributed by atoms with E-state index in [-0.39, 0.29) is 16.7 Å². The molecule has 1 aliphatic rings. The number of rotatable bonds is 5. The van der Waals surface area contributed by atoms with Crippen molar-refractivity contribution in [1.82, 2.24) is 9.47 Å². The molecule has 152 valence electrons. The first-order chi connectivity index (χ1) is 14.0. The highest BCUT2D eigenvalue weighted by Gasteiger charge is 2.25. The van der Waals surface area contributed by atoms with E-state index < -0.39 is 0 Å². The summed E-state index contributed by atoms with van der Waals surface area (Å²) in [6.45, 7) is 7.54. The Morgan fingerprint density at radius 1 is 1.14 bits per heavy atom. The Hall–Kier alpha value is -2.44. The van der Waals surface area contributed by atoms with Gasteiger partial charge in [-0.1, -0.05) is 41.2 Å². The van der Waals surface area contributed by atoms with Gasteiger partial charge in [0.2, 0.25) is 5.91 Å². The topological polar surface area (TPSA) is 54.3 Å². The Labute approximate surface area is 175 Å². The summed E-state index contributed by atoms with van der Waals surface area (Å²) in [4.78, 5) is 27.2. The average Bonchev–Trinajstić information content (AvgIpc) is 3.04. The minimum absolute atomic E-state index is 0.0407. The van der Waals surface area contributed by atoms with Gasteiger partial charge in [-0.05, 0) is 63.5 Å². The largest absolute Gasteiger partial charge is 0.326 e. The molecule has 0 bridgehead atoms. The van der Waals surface area contributed by atoms with Crippen LogP contribution in [0.3, 0.4) is 0 Å². The second-order valence-corrected chi connectivity index (χ2v) is 8.81. The normalized spacial score (nSPS) is 15.7. The molecule has 2 heterocycles. The number of likely N-dealkylation sites (tertiary alicyclic amines) is 1. The third-order valence-corrected chi connectivity index (χ3v) is 6.68. The van der Waals surface area contributed by atoms with E-state index >= 15 is 0 Å². The zero-order chi connectivity index (χ0) is 20.4. The molecule has 4 rings (SSSR count). The minimum atomic E-state index is 0.0407. The van der Waals surface area contributed by atoms with E-state index in [2.05, 4.69) is 41.4 Å². The van der Waals surface area contributed by atoms with Crippen LogP contribution in [0.25, 0.3) is 10.2 Å². The first-order valence-corrected chi connectivity index (χ1v) is 11.1. The van der Waals surface area contributed by atoms with E-state index in [0.29, 0.717) is 6.54 Å². The predicted molar refractivity (Wildman–Crippen MR) is 120 cm³/mol. The van der Waals surface area contributed by atoms with Crippen LogP contribution in [-0.4, -0.2) is 28.5 Å². The average molecular weight is 410 g/mol. The van der Waals surface area contributed by atoms with Crippen LogP contribution in [0.4, 0.5) is 5.69 Å². The van der Waals surface area contributed by atoms with Crippen LogP contribution >= 0.6 is 11.3 Å². The molecule has 5 nitrogen and oxygen atoms in total. The van der Waals surface area contributed by atoms with Crippen molar-refractivity contribution in [3.8, 4) is 0 Å². The second kappa shape index (κ2) is 8.51. The number of hydrogen-bond acceptors (Lipinski definition) is 4. The van der Waals surface area contributed by atoms with Gasteiger partial charge in [-0.15, -0.1) is 0 Å². The predicted octanol–water partition coefficient (Wildman–Crippen LogP) is 4.24. The molecule has 1 N–H and O–H groups in total. The smallest absolute Gasteiger partial charge is 0.308 e. The molecule has 3 aromatic rings. The Kier molecular flexibility index (Phi) is 5.83. The summed E-state index contributed by atoms with van der Waals surface area (Å²) in [5.41, 5.74) is 4.31. The molecule has 0 atom stereocenters. The highest BCUT2D eigenvalue weighted by molar-refractivity contribution is 7.16. The van der Waals surface area contributed by atoms with E-state index in [1.165, 1.54) is 22.5 Å². The summed E-state index contributed by atoms with van der Waals surface area (Å²) in [5, 5.41) is 3.06. The summed E-state index contributed by atoms with van der Waals surface area (Å²) in [6.07, 6.45) is 1.75. The van der Waals surface area contributed by atoms with E-state index in [1.54, 1.807) is 4.57 Å². The van der Waals surface area contributed by atoms with Crippen LogP contribution in [0.1, 0.15) is 30.9 Å². The van der Waals surface area contributed by atoms with Crippen molar-refractivity contribution in [1.29, 1.82) is 0 Å². The summed E-state index contributed by atoms with van der Waals surface area (Å²) in [5.74, 6) is 0.126. The number of amides is 1. The van der Waals surface area contributed by atoms with Crippen molar-refractivity contribution in [2.24, 2.45) is 5.92 Å². The monoisotopic (exact) mass is 409 g/mol. The van der Waals surface area contributed by atoms with E-state index in [9.17, 15) is 9.59 Å². The van der Waals surface area contributed by atoms with Crippen molar-refractivity contribution >= 4 is 33.1 Å². The third kappa shape index (κ3) is 4.43. The molecule has 0 spiro atoms. The Morgan fingerprint density at radius 2 is 1.86 bits per heavy atom. The minimum Gasteiger partial charge on any atom is -0.326 e. The Morgan fingerprint density at radius 3 is 2.55 bits per heavy atom. The van der Waals surface area contributed by atoms with E-state index in [0.717, 1.165) is 48.4 Å². The first-order valence-electron chi connectivity index (χ1n) is 10.3. The van der Waals surface area contributed by atoms with Crippen molar-refractivity contribution in [3.63, 3.8) is 0 Å². The van der Waals surface area contributed by atoms with Crippen LogP contribution in [0.5, 0.6) is 0 Å². The first kappa shape index (κ1) is 19.9. The van der Waals surface area contributed by atoms with Gasteiger partial charge in [0.25, 0.3) is 0 Å². The number of aryl methyl sites for hydroxylation is 2. The molecule has 1 amide bonds. The van der Waals surface area contributed by atoms with Crippen molar-refractivity contribution in [3.05, 3.63) is 63.3 Å². The summed E-state index contributed by atoms with van der Waals surface area (Å²) >= 11 is 1.23. The molecular weight excluding hydrogens is 382 g/mol. The van der Waals surface area contributed by atoms with Gasteiger partial charge in [-0.3, -0.25) is 19.1 Å².